The zero-order valence-corrected chi connectivity index (χ0v) is 20.3. The van der Waals surface area contributed by atoms with Gasteiger partial charge in [-0.05, 0) is 69.9 Å². The van der Waals surface area contributed by atoms with Crippen LogP contribution >= 0.6 is 11.6 Å². The van der Waals surface area contributed by atoms with Crippen molar-refractivity contribution < 1.29 is 9.84 Å². The van der Waals surface area contributed by atoms with Crippen LogP contribution in [0.25, 0.3) is 0 Å². The molecule has 2 fully saturated rings. The molecular formula is C26H34ClN4O2-. The van der Waals surface area contributed by atoms with Gasteiger partial charge in [-0.3, -0.25) is 9.89 Å². The van der Waals surface area contributed by atoms with Crippen molar-refractivity contribution in [3.05, 3.63) is 53.6 Å². The molecule has 1 aliphatic carbocycles. The Balaban J connectivity index is 1.25. The van der Waals surface area contributed by atoms with Crippen LogP contribution in [0, 0.1) is 0 Å². The van der Waals surface area contributed by atoms with Gasteiger partial charge in [0.2, 0.25) is 0 Å². The van der Waals surface area contributed by atoms with Crippen LogP contribution in [0.2, 0.25) is 5.02 Å². The van der Waals surface area contributed by atoms with E-state index in [-0.39, 0.29) is 18.2 Å². The topological polar surface area (TPSA) is 63.2 Å². The Morgan fingerprint density at radius 2 is 1.76 bits per heavy atom. The molecule has 4 rings (SSSR count). The maximum absolute atomic E-state index is 12.3. The predicted molar refractivity (Wildman–Crippen MR) is 135 cm³/mol. The van der Waals surface area contributed by atoms with Crippen LogP contribution in [0.3, 0.4) is 0 Å². The molecule has 1 N–H and O–H groups in total. The van der Waals surface area contributed by atoms with E-state index in [2.05, 4.69) is 52.2 Å². The number of ether oxygens (including phenoxy) is 1. The van der Waals surface area contributed by atoms with Gasteiger partial charge in [-0.15, -0.1) is 0 Å². The lowest BCUT2D eigenvalue weighted by molar-refractivity contribution is -0.215. The highest BCUT2D eigenvalue weighted by Gasteiger charge is 2.29. The van der Waals surface area contributed by atoms with E-state index in [0.29, 0.717) is 16.8 Å². The van der Waals surface area contributed by atoms with Crippen molar-refractivity contribution in [2.45, 2.75) is 57.7 Å². The second kappa shape index (κ2) is 11.1. The standard InChI is InChI=1S/C26H35ClN4O2/c1-19(2)33-25-9-4-3-8-24(25)31-16-14-30(15-17-31)23-12-10-21(11-13-23)28-26(32)29-22-7-5-6-20(27)18-22/h3-9,18-19,21,23H,10-17H2,1-2H3,(H2,28,29,32)/p-1. The third-order valence-electron chi connectivity index (χ3n) is 6.44. The molecule has 0 spiro atoms. The number of nitrogens with zero attached hydrogens (tertiary/aromatic N) is 3. The molecule has 0 unspecified atom stereocenters. The van der Waals surface area contributed by atoms with Crippen LogP contribution in [0.1, 0.15) is 39.5 Å². The monoisotopic (exact) mass is 469 g/mol. The fourth-order valence-corrected chi connectivity index (χ4v) is 5.03. The van der Waals surface area contributed by atoms with Gasteiger partial charge in [0.1, 0.15) is 5.75 Å². The second-order valence-corrected chi connectivity index (χ2v) is 9.63. The van der Waals surface area contributed by atoms with Crippen LogP contribution < -0.4 is 20.1 Å². The second-order valence-electron chi connectivity index (χ2n) is 9.19. The smallest absolute Gasteiger partial charge is 0.142 e. The van der Waals surface area contributed by atoms with Gasteiger partial charge in [0.25, 0.3) is 0 Å². The number of amidine groups is 1. The van der Waals surface area contributed by atoms with Gasteiger partial charge >= 0.3 is 0 Å². The van der Waals surface area contributed by atoms with E-state index in [1.165, 1.54) is 5.69 Å². The Kier molecular flexibility index (Phi) is 7.99. The van der Waals surface area contributed by atoms with Crippen LogP contribution in [0.4, 0.5) is 11.4 Å². The molecule has 33 heavy (non-hydrogen) atoms. The average Bonchev–Trinajstić information content (AvgIpc) is 2.80. The summed E-state index contributed by atoms with van der Waals surface area (Å²) in [5.41, 5.74) is 1.88. The van der Waals surface area contributed by atoms with Crippen molar-refractivity contribution >= 4 is 29.0 Å². The molecular weight excluding hydrogens is 436 g/mol. The Labute approximate surface area is 202 Å². The quantitative estimate of drug-likeness (QED) is 0.502. The summed E-state index contributed by atoms with van der Waals surface area (Å²) < 4.78 is 6.02. The van der Waals surface area contributed by atoms with Gasteiger partial charge in [0.15, 0.2) is 0 Å². The van der Waals surface area contributed by atoms with Crippen molar-refractivity contribution in [3.8, 4) is 5.75 Å². The summed E-state index contributed by atoms with van der Waals surface area (Å²) in [6, 6.07) is 15.9. The number of piperazine rings is 1. The number of para-hydroxylation sites is 2. The molecule has 1 saturated heterocycles. The summed E-state index contributed by atoms with van der Waals surface area (Å²) in [4.78, 5) is 9.45. The van der Waals surface area contributed by atoms with E-state index in [9.17, 15) is 5.11 Å². The highest BCUT2D eigenvalue weighted by Crippen LogP contribution is 2.31. The van der Waals surface area contributed by atoms with Gasteiger partial charge in [-0.1, -0.05) is 29.8 Å². The fraction of sp³-hybridized carbons (Fsp3) is 0.500. The van der Waals surface area contributed by atoms with Crippen LogP contribution in [0.5, 0.6) is 5.75 Å². The molecule has 1 heterocycles. The average molecular weight is 470 g/mol. The zero-order valence-electron chi connectivity index (χ0n) is 19.5. The van der Waals surface area contributed by atoms with E-state index >= 15 is 0 Å². The Morgan fingerprint density at radius 3 is 2.45 bits per heavy atom. The van der Waals surface area contributed by atoms with Crippen LogP contribution in [-0.2, 0) is 0 Å². The number of aliphatic imine (C=N–C) groups is 1. The highest BCUT2D eigenvalue weighted by atomic mass is 35.5. The molecule has 0 atom stereocenters. The van der Waals surface area contributed by atoms with Crippen molar-refractivity contribution in [1.29, 1.82) is 0 Å². The Bertz CT molecular complexity index is 935. The summed E-state index contributed by atoms with van der Waals surface area (Å²) in [5, 5.41) is 15.7. The first-order valence-electron chi connectivity index (χ1n) is 12.0. The fourth-order valence-electron chi connectivity index (χ4n) is 4.84. The summed E-state index contributed by atoms with van der Waals surface area (Å²) in [6.07, 6.45) is 4.26. The van der Waals surface area contributed by atoms with Crippen molar-refractivity contribution in [3.63, 3.8) is 0 Å². The molecule has 6 nitrogen and oxygen atoms in total. The largest absolute Gasteiger partial charge is 0.846 e. The minimum absolute atomic E-state index is 0.0989. The first-order chi connectivity index (χ1) is 16.0. The van der Waals surface area contributed by atoms with E-state index in [1.807, 2.05) is 18.2 Å². The number of benzene rings is 2. The number of rotatable bonds is 6. The minimum atomic E-state index is -0.281. The Hall–Kier alpha value is -2.44. The van der Waals surface area contributed by atoms with E-state index in [4.69, 9.17) is 16.3 Å². The molecule has 0 radical (unpaired) electrons. The number of hydrogen-bond donors (Lipinski definition) is 1. The maximum Gasteiger partial charge on any atom is 0.142 e. The lowest BCUT2D eigenvalue weighted by Gasteiger charge is -2.42. The third-order valence-corrected chi connectivity index (χ3v) is 6.68. The SMILES string of the molecule is CC(C)Oc1ccccc1N1CCN(C2CCC(N=C([O-])Nc3cccc(Cl)c3)CC2)CC1. The lowest BCUT2D eigenvalue weighted by atomic mass is 9.90. The Morgan fingerprint density at radius 1 is 1.03 bits per heavy atom. The molecule has 2 aromatic carbocycles. The van der Waals surface area contributed by atoms with Gasteiger partial charge < -0.3 is 20.1 Å². The first-order valence-corrected chi connectivity index (χ1v) is 12.4. The summed E-state index contributed by atoms with van der Waals surface area (Å²) in [6.45, 7) is 8.25. The lowest BCUT2D eigenvalue weighted by Crippen LogP contribution is -2.51. The van der Waals surface area contributed by atoms with E-state index in [0.717, 1.165) is 57.6 Å². The van der Waals surface area contributed by atoms with Gasteiger partial charge in [-0.2, -0.15) is 0 Å². The molecule has 2 aromatic rings. The number of anilines is 2. The number of nitrogens with one attached hydrogen (secondary N) is 1. The highest BCUT2D eigenvalue weighted by molar-refractivity contribution is 6.30. The molecule has 1 saturated carbocycles. The van der Waals surface area contributed by atoms with Crippen molar-refractivity contribution in [2.24, 2.45) is 4.99 Å². The summed E-state index contributed by atoms with van der Waals surface area (Å²) in [5.74, 6) is 0.971. The van der Waals surface area contributed by atoms with Crippen molar-refractivity contribution in [2.75, 3.05) is 36.4 Å². The number of halogens is 1. The minimum Gasteiger partial charge on any atom is -0.846 e. The first kappa shape index (κ1) is 23.7. The number of hydrogen-bond acceptors (Lipinski definition) is 5. The third kappa shape index (κ3) is 6.55. The predicted octanol–water partition coefficient (Wildman–Crippen LogP) is 4.39. The van der Waals surface area contributed by atoms with Crippen molar-refractivity contribution in [1.82, 2.24) is 4.90 Å². The molecule has 0 amide bonds. The molecule has 2 aliphatic rings. The molecule has 7 heteroatoms. The molecule has 178 valence electrons. The summed E-state index contributed by atoms with van der Waals surface area (Å²) >= 11 is 5.99. The summed E-state index contributed by atoms with van der Waals surface area (Å²) in [7, 11) is 0. The maximum atomic E-state index is 12.3. The van der Waals surface area contributed by atoms with Gasteiger partial charge in [0.05, 0.1) is 23.9 Å². The molecule has 1 aliphatic heterocycles. The van der Waals surface area contributed by atoms with Gasteiger partial charge in [0, 0.05) is 42.9 Å². The van der Waals surface area contributed by atoms with E-state index in [1.54, 1.807) is 12.1 Å². The van der Waals surface area contributed by atoms with E-state index < -0.39 is 0 Å². The normalized spacial score (nSPS) is 22.4. The van der Waals surface area contributed by atoms with Gasteiger partial charge in [-0.25, -0.2) is 0 Å². The molecule has 0 bridgehead atoms. The van der Waals surface area contributed by atoms with Crippen LogP contribution in [0.15, 0.2) is 53.5 Å². The molecule has 0 aromatic heterocycles. The van der Waals surface area contributed by atoms with Crippen LogP contribution in [-0.4, -0.2) is 55.3 Å². The zero-order chi connectivity index (χ0) is 23.2.